The van der Waals surface area contributed by atoms with Gasteiger partial charge in [0.1, 0.15) is 5.82 Å². The Kier molecular flexibility index (Phi) is 3.12. The van der Waals surface area contributed by atoms with Crippen molar-refractivity contribution in [3.8, 4) is 11.4 Å². The number of nitrogen functional groups attached to an aromatic ring is 1. The van der Waals surface area contributed by atoms with Gasteiger partial charge < -0.3 is 5.73 Å². The van der Waals surface area contributed by atoms with Crippen molar-refractivity contribution in [2.75, 3.05) is 5.73 Å². The smallest absolute Gasteiger partial charge is 0.163 e. The zero-order valence-electron chi connectivity index (χ0n) is 9.77. The summed E-state index contributed by atoms with van der Waals surface area (Å²) < 4.78 is 0.945. The average Bonchev–Trinajstić information content (AvgIpc) is 2.40. The van der Waals surface area contributed by atoms with Gasteiger partial charge >= 0.3 is 0 Å². The van der Waals surface area contributed by atoms with Crippen LogP contribution in [0.15, 0.2) is 46.9 Å². The molecule has 0 aliphatic rings. The van der Waals surface area contributed by atoms with E-state index in [4.69, 9.17) is 17.3 Å². The Morgan fingerprint density at radius 1 is 1.05 bits per heavy atom. The Bertz CT molecular complexity index is 774. The van der Waals surface area contributed by atoms with Gasteiger partial charge in [-0.25, -0.2) is 9.97 Å². The lowest BCUT2D eigenvalue weighted by Crippen LogP contribution is -1.98. The molecule has 5 heteroatoms. The number of nitrogens with two attached hydrogens (primary N) is 1. The first-order valence-corrected chi connectivity index (χ1v) is 6.80. The fourth-order valence-corrected chi connectivity index (χ4v) is 2.47. The van der Waals surface area contributed by atoms with Crippen LogP contribution in [0.2, 0.25) is 5.02 Å². The molecule has 0 bridgehead atoms. The fourth-order valence-electron chi connectivity index (χ4n) is 1.89. The minimum atomic E-state index is 0.446. The third kappa shape index (κ3) is 2.29. The standard InChI is InChI=1S/C14H9BrClN3/c15-8-5-6-12-10(7-8)13(17)19-14(18-12)9-3-1-2-4-11(9)16/h1-7H,(H2,17,18,19). The molecule has 1 heterocycles. The minimum absolute atomic E-state index is 0.446. The van der Waals surface area contributed by atoms with E-state index < -0.39 is 0 Å². The Hall–Kier alpha value is -1.65. The maximum absolute atomic E-state index is 6.16. The summed E-state index contributed by atoms with van der Waals surface area (Å²) in [6.07, 6.45) is 0. The fraction of sp³-hybridized carbons (Fsp3) is 0. The van der Waals surface area contributed by atoms with Crippen LogP contribution in [0.5, 0.6) is 0 Å². The lowest BCUT2D eigenvalue weighted by molar-refractivity contribution is 1.23. The van der Waals surface area contributed by atoms with Crippen LogP contribution in [0.3, 0.4) is 0 Å². The average molecular weight is 335 g/mol. The van der Waals surface area contributed by atoms with Crippen molar-refractivity contribution in [1.82, 2.24) is 9.97 Å². The van der Waals surface area contributed by atoms with Gasteiger partial charge in [-0.2, -0.15) is 0 Å². The predicted molar refractivity (Wildman–Crippen MR) is 82.1 cm³/mol. The van der Waals surface area contributed by atoms with Crippen molar-refractivity contribution in [3.63, 3.8) is 0 Å². The van der Waals surface area contributed by atoms with Crippen LogP contribution in [0.25, 0.3) is 22.3 Å². The summed E-state index contributed by atoms with van der Waals surface area (Å²) in [5.74, 6) is 0.985. The second-order valence-corrected chi connectivity index (χ2v) is 5.40. The molecule has 19 heavy (non-hydrogen) atoms. The molecule has 0 saturated heterocycles. The van der Waals surface area contributed by atoms with E-state index in [1.165, 1.54) is 0 Å². The van der Waals surface area contributed by atoms with Crippen LogP contribution >= 0.6 is 27.5 Å². The van der Waals surface area contributed by atoms with Crippen molar-refractivity contribution in [3.05, 3.63) is 52.0 Å². The molecule has 3 rings (SSSR count). The maximum Gasteiger partial charge on any atom is 0.163 e. The zero-order valence-corrected chi connectivity index (χ0v) is 12.1. The van der Waals surface area contributed by atoms with E-state index in [0.29, 0.717) is 16.7 Å². The number of hydrogen-bond donors (Lipinski definition) is 1. The Morgan fingerprint density at radius 3 is 2.63 bits per heavy atom. The summed E-state index contributed by atoms with van der Waals surface area (Å²) in [5.41, 5.74) is 7.57. The number of benzene rings is 2. The summed E-state index contributed by atoms with van der Waals surface area (Å²) in [5, 5.41) is 1.43. The van der Waals surface area contributed by atoms with E-state index in [9.17, 15) is 0 Å². The number of aromatic nitrogens is 2. The van der Waals surface area contributed by atoms with E-state index >= 15 is 0 Å². The van der Waals surface area contributed by atoms with Gasteiger partial charge in [0.15, 0.2) is 5.82 Å². The molecule has 0 atom stereocenters. The molecule has 0 amide bonds. The first-order valence-electron chi connectivity index (χ1n) is 5.63. The van der Waals surface area contributed by atoms with E-state index in [1.807, 2.05) is 42.5 Å². The van der Waals surface area contributed by atoms with E-state index in [1.54, 1.807) is 0 Å². The van der Waals surface area contributed by atoms with Crippen LogP contribution in [0.1, 0.15) is 0 Å². The molecule has 1 aromatic heterocycles. The van der Waals surface area contributed by atoms with E-state index in [0.717, 1.165) is 20.9 Å². The normalized spacial score (nSPS) is 10.8. The van der Waals surface area contributed by atoms with Gasteiger partial charge in [-0.15, -0.1) is 0 Å². The molecule has 0 fully saturated rings. The topological polar surface area (TPSA) is 51.8 Å². The molecule has 0 spiro atoms. The second-order valence-electron chi connectivity index (χ2n) is 4.07. The van der Waals surface area contributed by atoms with Gasteiger partial charge in [-0.05, 0) is 30.3 Å². The quantitative estimate of drug-likeness (QED) is 0.722. The number of rotatable bonds is 1. The van der Waals surface area contributed by atoms with E-state index in [2.05, 4.69) is 25.9 Å². The highest BCUT2D eigenvalue weighted by Crippen LogP contribution is 2.29. The number of hydrogen-bond acceptors (Lipinski definition) is 3. The largest absolute Gasteiger partial charge is 0.383 e. The van der Waals surface area contributed by atoms with Crippen LogP contribution in [0, 0.1) is 0 Å². The van der Waals surface area contributed by atoms with Crippen molar-refractivity contribution in [1.29, 1.82) is 0 Å². The van der Waals surface area contributed by atoms with Crippen molar-refractivity contribution < 1.29 is 0 Å². The molecule has 2 aromatic carbocycles. The highest BCUT2D eigenvalue weighted by atomic mass is 79.9. The highest BCUT2D eigenvalue weighted by molar-refractivity contribution is 9.10. The SMILES string of the molecule is Nc1nc(-c2ccccc2Cl)nc2ccc(Br)cc12. The maximum atomic E-state index is 6.16. The Balaban J connectivity index is 2.27. The summed E-state index contributed by atoms with van der Waals surface area (Å²) in [6, 6.07) is 13.2. The van der Waals surface area contributed by atoms with Crippen LogP contribution in [0.4, 0.5) is 5.82 Å². The summed E-state index contributed by atoms with van der Waals surface area (Å²) in [4.78, 5) is 8.85. The number of halogens is 2. The van der Waals surface area contributed by atoms with Gasteiger partial charge in [0.25, 0.3) is 0 Å². The van der Waals surface area contributed by atoms with Gasteiger partial charge in [-0.1, -0.05) is 39.7 Å². The monoisotopic (exact) mass is 333 g/mol. The number of anilines is 1. The molecule has 2 N–H and O–H groups in total. The van der Waals surface area contributed by atoms with Gasteiger partial charge in [0, 0.05) is 15.4 Å². The van der Waals surface area contributed by atoms with Gasteiger partial charge in [-0.3, -0.25) is 0 Å². The minimum Gasteiger partial charge on any atom is -0.383 e. The molecule has 0 saturated carbocycles. The number of nitrogens with zero attached hydrogens (tertiary/aromatic N) is 2. The third-order valence-corrected chi connectivity index (χ3v) is 3.62. The summed E-state index contributed by atoms with van der Waals surface area (Å²) in [7, 11) is 0. The molecular formula is C14H9BrClN3. The lowest BCUT2D eigenvalue weighted by atomic mass is 10.2. The summed E-state index contributed by atoms with van der Waals surface area (Å²) >= 11 is 9.57. The van der Waals surface area contributed by atoms with E-state index in [-0.39, 0.29) is 0 Å². The van der Waals surface area contributed by atoms with Crippen LogP contribution in [-0.4, -0.2) is 9.97 Å². The molecule has 3 aromatic rings. The first kappa shape index (κ1) is 12.4. The molecule has 0 unspecified atom stereocenters. The van der Waals surface area contributed by atoms with Crippen molar-refractivity contribution in [2.24, 2.45) is 0 Å². The zero-order chi connectivity index (χ0) is 13.4. The Labute approximate surface area is 123 Å². The van der Waals surface area contributed by atoms with Gasteiger partial charge in [0.2, 0.25) is 0 Å². The van der Waals surface area contributed by atoms with Crippen LogP contribution in [-0.2, 0) is 0 Å². The molecular weight excluding hydrogens is 326 g/mol. The molecule has 0 radical (unpaired) electrons. The third-order valence-electron chi connectivity index (χ3n) is 2.80. The van der Waals surface area contributed by atoms with Gasteiger partial charge in [0.05, 0.1) is 10.5 Å². The predicted octanol–water partition coefficient (Wildman–Crippen LogP) is 4.29. The highest BCUT2D eigenvalue weighted by Gasteiger charge is 2.10. The molecule has 3 nitrogen and oxygen atoms in total. The molecule has 0 aliphatic heterocycles. The molecule has 0 aliphatic carbocycles. The number of fused-ring (bicyclic) bond motifs is 1. The van der Waals surface area contributed by atoms with Crippen molar-refractivity contribution in [2.45, 2.75) is 0 Å². The lowest BCUT2D eigenvalue weighted by Gasteiger charge is -2.07. The molecule has 94 valence electrons. The van der Waals surface area contributed by atoms with Crippen molar-refractivity contribution >= 4 is 44.3 Å². The second kappa shape index (κ2) is 4.79. The van der Waals surface area contributed by atoms with Crippen LogP contribution < -0.4 is 5.73 Å². The Morgan fingerprint density at radius 2 is 1.84 bits per heavy atom. The summed E-state index contributed by atoms with van der Waals surface area (Å²) in [6.45, 7) is 0. The first-order chi connectivity index (χ1) is 9.15.